The summed E-state index contributed by atoms with van der Waals surface area (Å²) in [7, 11) is 0. The van der Waals surface area contributed by atoms with Gasteiger partial charge in [-0.05, 0) is 37.8 Å². The number of nitrogens with one attached hydrogen (secondary N) is 1. The predicted molar refractivity (Wildman–Crippen MR) is 80.6 cm³/mol. The van der Waals surface area contributed by atoms with E-state index < -0.39 is 5.63 Å². The second-order valence-electron chi connectivity index (χ2n) is 4.33. The quantitative estimate of drug-likeness (QED) is 0.881. The molecule has 1 aromatic heterocycles. The van der Waals surface area contributed by atoms with Crippen LogP contribution < -0.4 is 10.9 Å². The highest BCUT2D eigenvalue weighted by Crippen LogP contribution is 2.25. The molecule has 0 saturated heterocycles. The second-order valence-corrected chi connectivity index (χ2v) is 5.18. The van der Waals surface area contributed by atoms with Gasteiger partial charge in [0.15, 0.2) is 0 Å². The van der Waals surface area contributed by atoms with E-state index in [0.29, 0.717) is 16.9 Å². The highest BCUT2D eigenvalue weighted by molar-refractivity contribution is 7.98. The molecular formula is C15H15NO3S. The number of thioether (sulfide) groups is 1. The van der Waals surface area contributed by atoms with Crippen LogP contribution in [0.2, 0.25) is 0 Å². The Morgan fingerprint density at radius 3 is 2.60 bits per heavy atom. The van der Waals surface area contributed by atoms with E-state index in [4.69, 9.17) is 4.42 Å². The maximum Gasteiger partial charge on any atom is 0.336 e. The molecule has 1 amide bonds. The maximum atomic E-state index is 12.4. The van der Waals surface area contributed by atoms with Crippen LogP contribution in [0.15, 0.2) is 44.4 Å². The fraction of sp³-hybridized carbons (Fsp3) is 0.200. The van der Waals surface area contributed by atoms with E-state index in [1.165, 1.54) is 6.07 Å². The molecule has 0 saturated carbocycles. The molecule has 0 aliphatic carbocycles. The van der Waals surface area contributed by atoms with Crippen molar-refractivity contribution in [2.75, 3.05) is 11.6 Å². The Morgan fingerprint density at radius 2 is 1.95 bits per heavy atom. The first-order chi connectivity index (χ1) is 9.52. The lowest BCUT2D eigenvalue weighted by molar-refractivity contribution is 0.102. The van der Waals surface area contributed by atoms with Gasteiger partial charge in [-0.25, -0.2) is 4.79 Å². The van der Waals surface area contributed by atoms with Gasteiger partial charge in [-0.15, -0.1) is 11.8 Å². The van der Waals surface area contributed by atoms with Crippen LogP contribution >= 0.6 is 11.8 Å². The molecule has 0 atom stereocenters. The van der Waals surface area contributed by atoms with Gasteiger partial charge in [0, 0.05) is 11.0 Å². The molecule has 2 rings (SSSR count). The first kappa shape index (κ1) is 14.4. The van der Waals surface area contributed by atoms with Gasteiger partial charge >= 0.3 is 5.63 Å². The number of hydrogen-bond acceptors (Lipinski definition) is 4. The number of hydrogen-bond donors (Lipinski definition) is 1. The van der Waals surface area contributed by atoms with E-state index in [-0.39, 0.29) is 5.91 Å². The molecule has 104 valence electrons. The molecule has 0 unspecified atom stereocenters. The highest BCUT2D eigenvalue weighted by Gasteiger charge is 2.16. The summed E-state index contributed by atoms with van der Waals surface area (Å²) >= 11 is 1.56. The third-order valence-corrected chi connectivity index (χ3v) is 3.71. The standard InChI is InChI=1S/C15H15NO3S/c1-9-8-13(17)19-10(2)14(9)15(18)16-11-6-4-5-7-12(11)20-3/h4-8H,1-3H3,(H,16,18). The van der Waals surface area contributed by atoms with Crippen molar-refractivity contribution in [3.05, 3.63) is 57.6 Å². The fourth-order valence-corrected chi connectivity index (χ4v) is 2.58. The minimum absolute atomic E-state index is 0.273. The molecule has 0 spiro atoms. The largest absolute Gasteiger partial charge is 0.427 e. The van der Waals surface area contributed by atoms with E-state index in [1.54, 1.807) is 25.6 Å². The molecule has 5 heteroatoms. The lowest BCUT2D eigenvalue weighted by Crippen LogP contribution is -2.17. The predicted octanol–water partition coefficient (Wildman–Crippen LogP) is 3.23. The van der Waals surface area contributed by atoms with Crippen molar-refractivity contribution >= 4 is 23.4 Å². The van der Waals surface area contributed by atoms with E-state index in [1.807, 2.05) is 30.5 Å². The van der Waals surface area contributed by atoms with Gasteiger partial charge < -0.3 is 9.73 Å². The molecule has 0 aliphatic rings. The second kappa shape index (κ2) is 5.96. The first-order valence-corrected chi connectivity index (χ1v) is 7.31. The van der Waals surface area contributed by atoms with Crippen molar-refractivity contribution < 1.29 is 9.21 Å². The van der Waals surface area contributed by atoms with Crippen molar-refractivity contribution in [2.24, 2.45) is 0 Å². The van der Waals surface area contributed by atoms with Crippen molar-refractivity contribution in [3.63, 3.8) is 0 Å². The first-order valence-electron chi connectivity index (χ1n) is 6.08. The molecular weight excluding hydrogens is 274 g/mol. The smallest absolute Gasteiger partial charge is 0.336 e. The summed E-state index contributed by atoms with van der Waals surface area (Å²) in [5.41, 5.74) is 1.31. The minimum atomic E-state index is -0.443. The van der Waals surface area contributed by atoms with E-state index in [0.717, 1.165) is 10.6 Å². The van der Waals surface area contributed by atoms with E-state index >= 15 is 0 Å². The zero-order valence-corrected chi connectivity index (χ0v) is 12.3. The molecule has 0 fully saturated rings. The van der Waals surface area contributed by atoms with Gasteiger partial charge in [0.1, 0.15) is 5.76 Å². The number of rotatable bonds is 3. The highest BCUT2D eigenvalue weighted by atomic mass is 32.2. The number of para-hydroxylation sites is 1. The van der Waals surface area contributed by atoms with Crippen molar-refractivity contribution in [1.29, 1.82) is 0 Å². The van der Waals surface area contributed by atoms with E-state index in [9.17, 15) is 9.59 Å². The zero-order chi connectivity index (χ0) is 14.7. The van der Waals surface area contributed by atoms with Crippen molar-refractivity contribution in [1.82, 2.24) is 0 Å². The van der Waals surface area contributed by atoms with E-state index in [2.05, 4.69) is 5.32 Å². The van der Waals surface area contributed by atoms with Crippen LogP contribution in [0.5, 0.6) is 0 Å². The maximum absolute atomic E-state index is 12.4. The molecule has 1 N–H and O–H groups in total. The van der Waals surface area contributed by atoms with Crippen LogP contribution in [0.4, 0.5) is 5.69 Å². The number of amides is 1. The van der Waals surface area contributed by atoms with Gasteiger partial charge in [0.05, 0.1) is 11.3 Å². The summed E-state index contributed by atoms with van der Waals surface area (Å²) < 4.78 is 4.98. The van der Waals surface area contributed by atoms with Crippen LogP contribution in [0.1, 0.15) is 21.7 Å². The summed E-state index contributed by atoms with van der Waals surface area (Å²) in [5, 5.41) is 2.86. The third-order valence-electron chi connectivity index (χ3n) is 2.92. The summed E-state index contributed by atoms with van der Waals surface area (Å²) in [6, 6.07) is 8.88. The number of carbonyl (C=O) groups excluding carboxylic acids is 1. The molecule has 0 radical (unpaired) electrons. The molecule has 20 heavy (non-hydrogen) atoms. The Balaban J connectivity index is 2.36. The van der Waals surface area contributed by atoms with Gasteiger partial charge in [-0.1, -0.05) is 12.1 Å². The van der Waals surface area contributed by atoms with Gasteiger partial charge in [0.2, 0.25) is 0 Å². The number of carbonyl (C=O) groups is 1. The molecule has 0 aliphatic heterocycles. The minimum Gasteiger partial charge on any atom is -0.427 e. The topological polar surface area (TPSA) is 59.3 Å². The van der Waals surface area contributed by atoms with Crippen LogP contribution in [0.25, 0.3) is 0 Å². The van der Waals surface area contributed by atoms with Gasteiger partial charge in [0.25, 0.3) is 5.91 Å². The SMILES string of the molecule is CSc1ccccc1NC(=O)c1c(C)cc(=O)oc1C. The van der Waals surface area contributed by atoms with Gasteiger partial charge in [-0.2, -0.15) is 0 Å². The molecule has 1 heterocycles. The Labute approximate surface area is 121 Å². The van der Waals surface area contributed by atoms with Crippen molar-refractivity contribution in [2.45, 2.75) is 18.7 Å². The Bertz CT molecular complexity index is 680. The summed E-state index contributed by atoms with van der Waals surface area (Å²) in [6.07, 6.45) is 1.95. The summed E-state index contributed by atoms with van der Waals surface area (Å²) in [5.74, 6) is 0.0550. The average molecular weight is 289 g/mol. The van der Waals surface area contributed by atoms with Crippen LogP contribution in [0, 0.1) is 13.8 Å². The third kappa shape index (κ3) is 2.93. The number of aryl methyl sites for hydroxylation is 2. The van der Waals surface area contributed by atoms with Crippen LogP contribution in [-0.4, -0.2) is 12.2 Å². The zero-order valence-electron chi connectivity index (χ0n) is 11.5. The summed E-state index contributed by atoms with van der Waals surface area (Å²) in [6.45, 7) is 3.34. The monoisotopic (exact) mass is 289 g/mol. The van der Waals surface area contributed by atoms with Crippen LogP contribution in [-0.2, 0) is 0 Å². The number of anilines is 1. The molecule has 4 nitrogen and oxygen atoms in total. The van der Waals surface area contributed by atoms with Gasteiger partial charge in [-0.3, -0.25) is 4.79 Å². The lowest BCUT2D eigenvalue weighted by atomic mass is 10.1. The fourth-order valence-electron chi connectivity index (χ4n) is 2.03. The lowest BCUT2D eigenvalue weighted by Gasteiger charge is -2.11. The molecule has 2 aromatic rings. The van der Waals surface area contributed by atoms with Crippen LogP contribution in [0.3, 0.4) is 0 Å². The molecule has 0 bridgehead atoms. The summed E-state index contributed by atoms with van der Waals surface area (Å²) in [4.78, 5) is 24.6. The normalized spacial score (nSPS) is 10.3. The number of benzene rings is 1. The molecule has 1 aromatic carbocycles. The average Bonchev–Trinajstić information content (AvgIpc) is 2.38. The Morgan fingerprint density at radius 1 is 1.25 bits per heavy atom. The Kier molecular flexibility index (Phi) is 4.29. The van der Waals surface area contributed by atoms with Crippen molar-refractivity contribution in [3.8, 4) is 0 Å². The Hall–Kier alpha value is -2.01.